The van der Waals surface area contributed by atoms with Crippen LogP contribution in [0.15, 0.2) is 41.0 Å². The van der Waals surface area contributed by atoms with Crippen molar-refractivity contribution in [2.24, 2.45) is 0 Å². The number of hydrogen-bond acceptors (Lipinski definition) is 2. The first-order chi connectivity index (χ1) is 10.2. The molecule has 2 nitrogen and oxygen atoms in total. The summed E-state index contributed by atoms with van der Waals surface area (Å²) in [6.45, 7) is 0.0539. The van der Waals surface area contributed by atoms with Gasteiger partial charge in [0.2, 0.25) is 0 Å². The molecule has 8 heteroatoms. The molecular formula is C14H11F6NO. The third-order valence-electron chi connectivity index (χ3n) is 2.86. The van der Waals surface area contributed by atoms with E-state index in [1.54, 1.807) is 12.1 Å². The fraction of sp³-hybridized carbons (Fsp3) is 0.286. The zero-order chi connectivity index (χ0) is 16.4. The van der Waals surface area contributed by atoms with Crippen LogP contribution in [0.4, 0.5) is 26.3 Å². The maximum Gasteiger partial charge on any atom is 0.416 e. The molecule has 120 valence electrons. The van der Waals surface area contributed by atoms with E-state index >= 15 is 0 Å². The second-order valence-corrected chi connectivity index (χ2v) is 4.60. The van der Waals surface area contributed by atoms with E-state index in [-0.39, 0.29) is 24.7 Å². The van der Waals surface area contributed by atoms with E-state index in [0.717, 1.165) is 0 Å². The van der Waals surface area contributed by atoms with E-state index in [9.17, 15) is 26.3 Å². The van der Waals surface area contributed by atoms with Crippen LogP contribution in [0.3, 0.4) is 0 Å². The van der Waals surface area contributed by atoms with Gasteiger partial charge in [-0.2, -0.15) is 26.3 Å². The summed E-state index contributed by atoms with van der Waals surface area (Å²) in [4.78, 5) is 0. The highest BCUT2D eigenvalue weighted by Gasteiger charge is 2.36. The van der Waals surface area contributed by atoms with E-state index in [2.05, 4.69) is 5.32 Å². The SMILES string of the molecule is FC(F)(F)c1cc(CNCc2ccco2)cc(C(F)(F)F)c1. The number of benzene rings is 1. The van der Waals surface area contributed by atoms with Crippen molar-refractivity contribution >= 4 is 0 Å². The van der Waals surface area contributed by atoms with E-state index in [4.69, 9.17) is 4.42 Å². The largest absolute Gasteiger partial charge is 0.468 e. The molecule has 1 aromatic carbocycles. The monoisotopic (exact) mass is 323 g/mol. The van der Waals surface area contributed by atoms with Crippen LogP contribution in [-0.4, -0.2) is 0 Å². The second kappa shape index (κ2) is 6.04. The molecule has 0 aliphatic carbocycles. The molecule has 0 atom stereocenters. The minimum absolute atomic E-state index is 0.103. The fourth-order valence-corrected chi connectivity index (χ4v) is 1.86. The Bertz CT molecular complexity index is 583. The van der Waals surface area contributed by atoms with Crippen LogP contribution in [0.25, 0.3) is 0 Å². The van der Waals surface area contributed by atoms with Crippen LogP contribution < -0.4 is 5.32 Å². The van der Waals surface area contributed by atoms with Crippen molar-refractivity contribution < 1.29 is 30.8 Å². The lowest BCUT2D eigenvalue weighted by Crippen LogP contribution is -2.16. The zero-order valence-electron chi connectivity index (χ0n) is 11.1. The Morgan fingerprint density at radius 2 is 1.45 bits per heavy atom. The van der Waals surface area contributed by atoms with Gasteiger partial charge in [0.05, 0.1) is 23.9 Å². The van der Waals surface area contributed by atoms with Gasteiger partial charge in [0, 0.05) is 6.54 Å². The van der Waals surface area contributed by atoms with Gasteiger partial charge in [-0.05, 0) is 35.9 Å². The highest BCUT2D eigenvalue weighted by Crippen LogP contribution is 2.36. The molecule has 0 saturated heterocycles. The average Bonchev–Trinajstić information content (AvgIpc) is 2.89. The summed E-state index contributed by atoms with van der Waals surface area (Å²) in [5.74, 6) is 0.531. The lowest BCUT2D eigenvalue weighted by atomic mass is 10.0. The molecule has 0 radical (unpaired) electrons. The number of halogens is 6. The van der Waals surface area contributed by atoms with Gasteiger partial charge in [-0.15, -0.1) is 0 Å². The van der Waals surface area contributed by atoms with Crippen LogP contribution in [0, 0.1) is 0 Å². The van der Waals surface area contributed by atoms with Crippen molar-refractivity contribution in [3.05, 3.63) is 59.0 Å². The Kier molecular flexibility index (Phi) is 4.50. The summed E-state index contributed by atoms with van der Waals surface area (Å²) in [7, 11) is 0. The summed E-state index contributed by atoms with van der Waals surface area (Å²) in [5, 5.41) is 2.73. The minimum atomic E-state index is -4.84. The first kappa shape index (κ1) is 16.4. The van der Waals surface area contributed by atoms with Crippen LogP contribution in [-0.2, 0) is 25.4 Å². The van der Waals surface area contributed by atoms with Crippen molar-refractivity contribution in [1.29, 1.82) is 0 Å². The molecule has 2 rings (SSSR count). The topological polar surface area (TPSA) is 25.2 Å². The Balaban J connectivity index is 2.18. The molecule has 0 spiro atoms. The lowest BCUT2D eigenvalue weighted by Gasteiger charge is -2.14. The average molecular weight is 323 g/mol. The van der Waals surface area contributed by atoms with Gasteiger partial charge in [-0.3, -0.25) is 0 Å². The molecule has 0 aliphatic heterocycles. The fourth-order valence-electron chi connectivity index (χ4n) is 1.86. The summed E-state index contributed by atoms with van der Waals surface area (Å²) in [6, 6.07) is 4.77. The van der Waals surface area contributed by atoms with E-state index in [0.29, 0.717) is 17.9 Å². The van der Waals surface area contributed by atoms with Crippen LogP contribution in [0.2, 0.25) is 0 Å². The predicted octanol–water partition coefficient (Wildman–Crippen LogP) is 4.61. The van der Waals surface area contributed by atoms with E-state index in [1.165, 1.54) is 6.26 Å². The standard InChI is InChI=1S/C14H11F6NO/c15-13(16,17)10-4-9(5-11(6-10)14(18,19)20)7-21-8-12-2-1-3-22-12/h1-6,21H,7-8H2. The van der Waals surface area contributed by atoms with Gasteiger partial charge in [0.15, 0.2) is 0 Å². The second-order valence-electron chi connectivity index (χ2n) is 4.60. The maximum absolute atomic E-state index is 12.7. The molecule has 0 unspecified atom stereocenters. The van der Waals surface area contributed by atoms with Crippen LogP contribution in [0.5, 0.6) is 0 Å². The third-order valence-corrected chi connectivity index (χ3v) is 2.86. The minimum Gasteiger partial charge on any atom is -0.468 e. The molecule has 2 aromatic rings. The Morgan fingerprint density at radius 3 is 1.91 bits per heavy atom. The van der Waals surface area contributed by atoms with Crippen molar-refractivity contribution in [2.45, 2.75) is 25.4 Å². The molecule has 1 heterocycles. The van der Waals surface area contributed by atoms with E-state index < -0.39 is 23.5 Å². The van der Waals surface area contributed by atoms with Gasteiger partial charge in [0.25, 0.3) is 0 Å². The van der Waals surface area contributed by atoms with Crippen molar-refractivity contribution in [3.8, 4) is 0 Å². The van der Waals surface area contributed by atoms with Gasteiger partial charge in [0.1, 0.15) is 5.76 Å². The van der Waals surface area contributed by atoms with Crippen LogP contribution >= 0.6 is 0 Å². The summed E-state index contributed by atoms with van der Waals surface area (Å²) in [6.07, 6.45) is -8.25. The van der Waals surface area contributed by atoms with Gasteiger partial charge in [-0.25, -0.2) is 0 Å². The Hall–Kier alpha value is -1.96. The first-order valence-electron chi connectivity index (χ1n) is 6.18. The Labute approximate surface area is 121 Å². The van der Waals surface area contributed by atoms with Gasteiger partial charge >= 0.3 is 12.4 Å². The molecule has 1 N–H and O–H groups in total. The third kappa shape index (κ3) is 4.27. The highest BCUT2D eigenvalue weighted by atomic mass is 19.4. The molecule has 0 aliphatic rings. The number of rotatable bonds is 4. The van der Waals surface area contributed by atoms with E-state index in [1.807, 2.05) is 0 Å². The summed E-state index contributed by atoms with van der Waals surface area (Å²) in [5.41, 5.74) is -2.75. The summed E-state index contributed by atoms with van der Waals surface area (Å²) < 4.78 is 81.1. The quantitative estimate of drug-likeness (QED) is 0.832. The molecule has 22 heavy (non-hydrogen) atoms. The molecule has 1 aromatic heterocycles. The number of hydrogen-bond donors (Lipinski definition) is 1. The normalized spacial score (nSPS) is 12.6. The Morgan fingerprint density at radius 1 is 0.864 bits per heavy atom. The first-order valence-corrected chi connectivity index (χ1v) is 6.18. The predicted molar refractivity (Wildman–Crippen MR) is 65.7 cm³/mol. The summed E-state index contributed by atoms with van der Waals surface area (Å²) >= 11 is 0. The van der Waals surface area contributed by atoms with Gasteiger partial charge in [-0.1, -0.05) is 0 Å². The molecule has 0 bridgehead atoms. The zero-order valence-corrected chi connectivity index (χ0v) is 11.1. The van der Waals surface area contributed by atoms with Crippen molar-refractivity contribution in [2.75, 3.05) is 0 Å². The van der Waals surface area contributed by atoms with Crippen molar-refractivity contribution in [1.82, 2.24) is 5.32 Å². The molecule has 0 fully saturated rings. The maximum atomic E-state index is 12.7. The number of furan rings is 1. The van der Waals surface area contributed by atoms with Gasteiger partial charge < -0.3 is 9.73 Å². The molecular weight excluding hydrogens is 312 g/mol. The molecule has 0 saturated carbocycles. The molecule has 0 amide bonds. The van der Waals surface area contributed by atoms with Crippen molar-refractivity contribution in [3.63, 3.8) is 0 Å². The number of nitrogens with one attached hydrogen (secondary N) is 1. The smallest absolute Gasteiger partial charge is 0.416 e. The van der Waals surface area contributed by atoms with Crippen LogP contribution in [0.1, 0.15) is 22.5 Å². The lowest BCUT2D eigenvalue weighted by molar-refractivity contribution is -0.143. The number of alkyl halides is 6. The highest BCUT2D eigenvalue weighted by molar-refractivity contribution is 5.33.